The number of anilines is 2. The average Bonchev–Trinajstić information content (AvgIpc) is 2.42. The summed E-state index contributed by atoms with van der Waals surface area (Å²) in [6, 6.07) is 8.88. The molecule has 0 bridgehead atoms. The first kappa shape index (κ1) is 13.0. The Bertz CT molecular complexity index is 566. The van der Waals surface area contributed by atoms with Gasteiger partial charge in [-0.25, -0.2) is 4.79 Å². The van der Waals surface area contributed by atoms with Gasteiger partial charge in [0.15, 0.2) is 0 Å². The summed E-state index contributed by atoms with van der Waals surface area (Å²) in [6.07, 6.45) is 3.34. The van der Waals surface area contributed by atoms with Crippen LogP contribution < -0.4 is 16.4 Å². The third-order valence-corrected chi connectivity index (χ3v) is 2.72. The Balaban J connectivity index is 1.99. The SMILES string of the molecule is Cc1cnccc1NC(=O)Nc1ccc(CN)cc1. The second-order valence-corrected chi connectivity index (χ2v) is 4.17. The second kappa shape index (κ2) is 5.97. The molecule has 0 aliphatic carbocycles. The average molecular weight is 256 g/mol. The van der Waals surface area contributed by atoms with E-state index in [1.807, 2.05) is 31.2 Å². The fourth-order valence-corrected chi connectivity index (χ4v) is 1.62. The first-order valence-electron chi connectivity index (χ1n) is 5.96. The van der Waals surface area contributed by atoms with E-state index in [0.717, 1.165) is 22.5 Å². The highest BCUT2D eigenvalue weighted by Crippen LogP contribution is 2.13. The van der Waals surface area contributed by atoms with Gasteiger partial charge in [0, 0.05) is 30.3 Å². The molecule has 0 unspecified atom stereocenters. The van der Waals surface area contributed by atoms with E-state index in [2.05, 4.69) is 15.6 Å². The molecular formula is C14H16N4O. The molecule has 0 spiro atoms. The lowest BCUT2D eigenvalue weighted by atomic mass is 10.2. The zero-order chi connectivity index (χ0) is 13.7. The van der Waals surface area contributed by atoms with Gasteiger partial charge in [-0.05, 0) is 36.2 Å². The predicted octanol–water partition coefficient (Wildman–Crippen LogP) is 2.49. The van der Waals surface area contributed by atoms with Crippen molar-refractivity contribution in [2.75, 3.05) is 10.6 Å². The van der Waals surface area contributed by atoms with Crippen molar-refractivity contribution in [1.29, 1.82) is 0 Å². The quantitative estimate of drug-likeness (QED) is 0.789. The number of pyridine rings is 1. The zero-order valence-corrected chi connectivity index (χ0v) is 10.7. The number of hydrogen-bond donors (Lipinski definition) is 3. The van der Waals surface area contributed by atoms with Crippen molar-refractivity contribution in [3.63, 3.8) is 0 Å². The Hall–Kier alpha value is -2.40. The van der Waals surface area contributed by atoms with Gasteiger partial charge in [-0.1, -0.05) is 12.1 Å². The zero-order valence-electron chi connectivity index (χ0n) is 10.7. The summed E-state index contributed by atoms with van der Waals surface area (Å²) in [5.74, 6) is 0. The summed E-state index contributed by atoms with van der Waals surface area (Å²) >= 11 is 0. The van der Waals surface area contributed by atoms with Crippen molar-refractivity contribution in [3.05, 3.63) is 53.9 Å². The summed E-state index contributed by atoms with van der Waals surface area (Å²) in [5.41, 5.74) is 8.92. The first-order valence-corrected chi connectivity index (χ1v) is 5.96. The molecule has 0 radical (unpaired) electrons. The summed E-state index contributed by atoms with van der Waals surface area (Å²) < 4.78 is 0. The molecule has 2 amide bonds. The smallest absolute Gasteiger partial charge is 0.323 e. The molecule has 0 aliphatic heterocycles. The molecule has 0 saturated heterocycles. The van der Waals surface area contributed by atoms with Gasteiger partial charge in [0.25, 0.3) is 0 Å². The van der Waals surface area contributed by atoms with Crippen molar-refractivity contribution in [2.45, 2.75) is 13.5 Å². The summed E-state index contributed by atoms with van der Waals surface area (Å²) in [5, 5.41) is 5.53. The minimum Gasteiger partial charge on any atom is -0.326 e. The number of nitrogens with one attached hydrogen (secondary N) is 2. The molecule has 5 heteroatoms. The molecular weight excluding hydrogens is 240 g/mol. The number of urea groups is 1. The van der Waals surface area contributed by atoms with Crippen molar-refractivity contribution in [2.24, 2.45) is 5.73 Å². The molecule has 0 aliphatic rings. The summed E-state index contributed by atoms with van der Waals surface area (Å²) in [7, 11) is 0. The van der Waals surface area contributed by atoms with E-state index in [4.69, 9.17) is 5.73 Å². The van der Waals surface area contributed by atoms with Crippen LogP contribution in [-0.4, -0.2) is 11.0 Å². The Kier molecular flexibility index (Phi) is 4.10. The maximum Gasteiger partial charge on any atom is 0.323 e. The normalized spacial score (nSPS) is 10.0. The number of carbonyl (C=O) groups is 1. The molecule has 4 N–H and O–H groups in total. The maximum atomic E-state index is 11.8. The molecule has 19 heavy (non-hydrogen) atoms. The minimum absolute atomic E-state index is 0.283. The molecule has 1 aromatic heterocycles. The van der Waals surface area contributed by atoms with E-state index in [0.29, 0.717) is 6.54 Å². The maximum absolute atomic E-state index is 11.8. The van der Waals surface area contributed by atoms with Gasteiger partial charge >= 0.3 is 6.03 Å². The molecule has 0 atom stereocenters. The van der Waals surface area contributed by atoms with Crippen molar-refractivity contribution in [1.82, 2.24) is 4.98 Å². The molecule has 0 saturated carbocycles. The second-order valence-electron chi connectivity index (χ2n) is 4.17. The Morgan fingerprint density at radius 3 is 2.58 bits per heavy atom. The highest BCUT2D eigenvalue weighted by Gasteiger charge is 2.04. The monoisotopic (exact) mass is 256 g/mol. The number of benzene rings is 1. The molecule has 0 fully saturated rings. The van der Waals surface area contributed by atoms with Crippen LogP contribution in [0.25, 0.3) is 0 Å². The summed E-state index contributed by atoms with van der Waals surface area (Å²) in [4.78, 5) is 15.8. The van der Waals surface area contributed by atoms with Crippen LogP contribution in [0.4, 0.5) is 16.2 Å². The fourth-order valence-electron chi connectivity index (χ4n) is 1.62. The molecule has 2 aromatic rings. The van der Waals surface area contributed by atoms with E-state index in [-0.39, 0.29) is 6.03 Å². The lowest BCUT2D eigenvalue weighted by Gasteiger charge is -2.09. The number of nitrogens with two attached hydrogens (primary N) is 1. The minimum atomic E-state index is -0.283. The van der Waals surface area contributed by atoms with E-state index >= 15 is 0 Å². The van der Waals surface area contributed by atoms with E-state index in [9.17, 15) is 4.79 Å². The number of nitrogens with zero attached hydrogens (tertiary/aromatic N) is 1. The number of aryl methyl sites for hydroxylation is 1. The highest BCUT2D eigenvalue weighted by atomic mass is 16.2. The van der Waals surface area contributed by atoms with Gasteiger partial charge in [0.05, 0.1) is 0 Å². The van der Waals surface area contributed by atoms with Crippen LogP contribution in [-0.2, 0) is 6.54 Å². The van der Waals surface area contributed by atoms with Crippen molar-refractivity contribution in [3.8, 4) is 0 Å². The van der Waals surface area contributed by atoms with Gasteiger partial charge in [-0.2, -0.15) is 0 Å². The van der Waals surface area contributed by atoms with Crippen LogP contribution in [0.1, 0.15) is 11.1 Å². The molecule has 2 rings (SSSR count). The number of amides is 2. The van der Waals surface area contributed by atoms with Crippen molar-refractivity contribution >= 4 is 17.4 Å². The third-order valence-electron chi connectivity index (χ3n) is 2.72. The Labute approximate surface area is 111 Å². The number of hydrogen-bond acceptors (Lipinski definition) is 3. The number of carbonyl (C=O) groups excluding carboxylic acids is 1. The number of rotatable bonds is 3. The first-order chi connectivity index (χ1) is 9.19. The Morgan fingerprint density at radius 2 is 1.95 bits per heavy atom. The molecule has 5 nitrogen and oxygen atoms in total. The Morgan fingerprint density at radius 1 is 1.21 bits per heavy atom. The fraction of sp³-hybridized carbons (Fsp3) is 0.143. The van der Waals surface area contributed by atoms with Crippen LogP contribution in [0.2, 0.25) is 0 Å². The van der Waals surface area contributed by atoms with Gasteiger partial charge < -0.3 is 16.4 Å². The van der Waals surface area contributed by atoms with Gasteiger partial charge in [0.2, 0.25) is 0 Å². The van der Waals surface area contributed by atoms with Crippen LogP contribution in [0.15, 0.2) is 42.7 Å². The standard InChI is InChI=1S/C14H16N4O/c1-10-9-16-7-6-13(10)18-14(19)17-12-4-2-11(8-15)3-5-12/h2-7,9H,8,15H2,1H3,(H2,16,17,18,19). The van der Waals surface area contributed by atoms with Crippen LogP contribution in [0.3, 0.4) is 0 Å². The van der Waals surface area contributed by atoms with E-state index in [1.165, 1.54) is 0 Å². The van der Waals surface area contributed by atoms with E-state index in [1.54, 1.807) is 18.5 Å². The molecule has 98 valence electrons. The summed E-state index contributed by atoms with van der Waals surface area (Å²) in [6.45, 7) is 2.38. The van der Waals surface area contributed by atoms with Crippen LogP contribution in [0, 0.1) is 6.92 Å². The largest absolute Gasteiger partial charge is 0.326 e. The molecule has 1 aromatic carbocycles. The lowest BCUT2D eigenvalue weighted by Crippen LogP contribution is -2.20. The highest BCUT2D eigenvalue weighted by molar-refractivity contribution is 6.00. The van der Waals surface area contributed by atoms with Crippen LogP contribution >= 0.6 is 0 Å². The topological polar surface area (TPSA) is 80.0 Å². The van der Waals surface area contributed by atoms with Gasteiger partial charge in [0.1, 0.15) is 0 Å². The molecule has 1 heterocycles. The van der Waals surface area contributed by atoms with Gasteiger partial charge in [-0.15, -0.1) is 0 Å². The van der Waals surface area contributed by atoms with E-state index < -0.39 is 0 Å². The predicted molar refractivity (Wildman–Crippen MR) is 75.9 cm³/mol. The third kappa shape index (κ3) is 3.53. The number of aromatic nitrogens is 1. The van der Waals surface area contributed by atoms with Crippen molar-refractivity contribution < 1.29 is 4.79 Å². The lowest BCUT2D eigenvalue weighted by molar-refractivity contribution is 0.262. The van der Waals surface area contributed by atoms with Gasteiger partial charge in [-0.3, -0.25) is 4.98 Å². The van der Waals surface area contributed by atoms with Crippen LogP contribution in [0.5, 0.6) is 0 Å².